The van der Waals surface area contributed by atoms with Crippen molar-refractivity contribution in [2.45, 2.75) is 38.0 Å². The van der Waals surface area contributed by atoms with E-state index >= 15 is 0 Å². The fourth-order valence-electron chi connectivity index (χ4n) is 5.87. The highest BCUT2D eigenvalue weighted by molar-refractivity contribution is 5.80. The van der Waals surface area contributed by atoms with Gasteiger partial charge in [0.05, 0.1) is 37.6 Å². The van der Waals surface area contributed by atoms with Gasteiger partial charge in [0.2, 0.25) is 11.8 Å². The maximum absolute atomic E-state index is 12.1. The molecule has 0 spiro atoms. The van der Waals surface area contributed by atoms with Gasteiger partial charge in [-0.05, 0) is 43.3 Å². The number of nitrogens with zero attached hydrogens (tertiary/aromatic N) is 7. The van der Waals surface area contributed by atoms with E-state index in [4.69, 9.17) is 14.2 Å². The number of methoxy groups -OCH3 is 1. The molecule has 2 N–H and O–H groups in total. The number of hydrogen-bond acceptors (Lipinski definition) is 12. The molecule has 0 radical (unpaired) electrons. The summed E-state index contributed by atoms with van der Waals surface area (Å²) >= 11 is 0. The third-order valence-electron chi connectivity index (χ3n) is 8.52. The molecular formula is C32H38N8O5. The fourth-order valence-corrected chi connectivity index (χ4v) is 5.87. The van der Waals surface area contributed by atoms with Gasteiger partial charge in [-0.15, -0.1) is 0 Å². The molecule has 1 amide bonds. The number of nitriles is 1. The van der Waals surface area contributed by atoms with Gasteiger partial charge in [-0.1, -0.05) is 0 Å². The van der Waals surface area contributed by atoms with E-state index in [1.54, 1.807) is 36.4 Å². The van der Waals surface area contributed by atoms with Crippen LogP contribution in [0.15, 0.2) is 42.6 Å². The van der Waals surface area contributed by atoms with Crippen LogP contribution in [0.25, 0.3) is 11.3 Å². The van der Waals surface area contributed by atoms with E-state index in [1.807, 2.05) is 18.2 Å². The number of piperazine rings is 1. The molecule has 1 atom stereocenters. The molecule has 0 saturated carbocycles. The summed E-state index contributed by atoms with van der Waals surface area (Å²) in [6.07, 6.45) is 1.76. The summed E-state index contributed by atoms with van der Waals surface area (Å²) in [6.45, 7) is 7.87. The van der Waals surface area contributed by atoms with E-state index in [9.17, 15) is 15.2 Å². The number of ether oxygens (including phenoxy) is 3. The maximum Gasteiger partial charge on any atom is 0.251 e. The first kappa shape index (κ1) is 30.5. The lowest BCUT2D eigenvalue weighted by Crippen LogP contribution is -2.56. The number of piperidine rings is 1. The summed E-state index contributed by atoms with van der Waals surface area (Å²) in [4.78, 5) is 32.2. The van der Waals surface area contributed by atoms with Crippen LogP contribution in [-0.4, -0.2) is 114 Å². The van der Waals surface area contributed by atoms with E-state index in [1.165, 1.54) is 6.92 Å². The molecule has 45 heavy (non-hydrogen) atoms. The number of aromatic nitrogens is 3. The van der Waals surface area contributed by atoms with Crippen molar-refractivity contribution in [3.8, 4) is 29.0 Å². The lowest BCUT2D eigenvalue weighted by molar-refractivity contribution is -0.141. The monoisotopic (exact) mass is 614 g/mol. The summed E-state index contributed by atoms with van der Waals surface area (Å²) in [5.41, 5.74) is 2.73. The van der Waals surface area contributed by atoms with Crippen molar-refractivity contribution in [1.82, 2.24) is 24.8 Å². The van der Waals surface area contributed by atoms with Gasteiger partial charge in [0.25, 0.3) is 5.91 Å². The quantitative estimate of drug-likeness (QED) is 0.365. The maximum atomic E-state index is 12.1. The standard InChI is InChI=1S/C32H38N8O5/c1-21(41)31(42)40-11-8-25(9-12-40)45-28-5-3-22(17-23(28)18-33)26-7-10-34-32(35-26)37-29-6-4-27(30(36-29)43-2)39-15-13-38(14-16-39)24-19-44-20-24/h3-7,10,17,21,24-25,41H,8-9,11-16,19-20H2,1-2H3,(H,34,35,36,37). The van der Waals surface area contributed by atoms with Crippen LogP contribution in [0.4, 0.5) is 17.5 Å². The van der Waals surface area contributed by atoms with E-state index in [-0.39, 0.29) is 12.0 Å². The predicted molar refractivity (Wildman–Crippen MR) is 167 cm³/mol. The number of hydrogen-bond donors (Lipinski definition) is 2. The van der Waals surface area contributed by atoms with E-state index < -0.39 is 6.10 Å². The average Bonchev–Trinajstić information content (AvgIpc) is 3.04. The largest absolute Gasteiger partial charge is 0.489 e. The molecule has 2 aromatic heterocycles. The Morgan fingerprint density at radius 2 is 1.87 bits per heavy atom. The smallest absolute Gasteiger partial charge is 0.251 e. The number of rotatable bonds is 9. The fraction of sp³-hybridized carbons (Fsp3) is 0.469. The molecule has 3 saturated heterocycles. The van der Waals surface area contributed by atoms with E-state index in [0.29, 0.717) is 66.6 Å². The number of anilines is 3. The van der Waals surface area contributed by atoms with Crippen molar-refractivity contribution in [1.29, 1.82) is 5.26 Å². The number of amides is 1. The van der Waals surface area contributed by atoms with Gasteiger partial charge in [-0.2, -0.15) is 10.2 Å². The molecule has 13 heteroatoms. The number of carbonyl (C=O) groups is 1. The topological polar surface area (TPSA) is 149 Å². The Hall–Kier alpha value is -4.51. The lowest BCUT2D eigenvalue weighted by Gasteiger charge is -2.43. The number of carbonyl (C=O) groups excluding carboxylic acids is 1. The van der Waals surface area contributed by atoms with Crippen molar-refractivity contribution in [2.24, 2.45) is 0 Å². The summed E-state index contributed by atoms with van der Waals surface area (Å²) in [5, 5.41) is 22.6. The van der Waals surface area contributed by atoms with Crippen molar-refractivity contribution < 1.29 is 24.1 Å². The molecule has 3 aliphatic rings. The van der Waals surface area contributed by atoms with Gasteiger partial charge in [0.15, 0.2) is 0 Å². The zero-order chi connectivity index (χ0) is 31.3. The molecular weight excluding hydrogens is 576 g/mol. The first-order chi connectivity index (χ1) is 21.9. The molecule has 3 aliphatic heterocycles. The number of benzene rings is 1. The van der Waals surface area contributed by atoms with Gasteiger partial charge >= 0.3 is 0 Å². The average molecular weight is 615 g/mol. The molecule has 3 aromatic rings. The van der Waals surface area contributed by atoms with E-state index in [2.05, 4.69) is 36.1 Å². The van der Waals surface area contributed by atoms with Crippen LogP contribution in [0, 0.1) is 11.3 Å². The summed E-state index contributed by atoms with van der Waals surface area (Å²) < 4.78 is 17.2. The van der Waals surface area contributed by atoms with Gasteiger partial charge in [-0.3, -0.25) is 9.69 Å². The molecule has 0 aliphatic carbocycles. The summed E-state index contributed by atoms with van der Waals surface area (Å²) in [7, 11) is 1.62. The number of pyridine rings is 1. The number of aliphatic hydroxyl groups excluding tert-OH is 1. The highest BCUT2D eigenvalue weighted by Gasteiger charge is 2.30. The van der Waals surface area contributed by atoms with Gasteiger partial charge in [-0.25, -0.2) is 9.97 Å². The summed E-state index contributed by atoms with van der Waals surface area (Å²) in [5.74, 6) is 1.67. The Balaban J connectivity index is 1.10. The third kappa shape index (κ3) is 6.93. The molecule has 236 valence electrons. The first-order valence-corrected chi connectivity index (χ1v) is 15.3. The normalized spacial score (nSPS) is 18.5. The van der Waals surface area contributed by atoms with Crippen molar-refractivity contribution in [3.63, 3.8) is 0 Å². The molecule has 1 unspecified atom stereocenters. The molecule has 1 aromatic carbocycles. The third-order valence-corrected chi connectivity index (χ3v) is 8.52. The van der Waals surface area contributed by atoms with Gasteiger partial charge < -0.3 is 34.4 Å². The second-order valence-corrected chi connectivity index (χ2v) is 11.5. The van der Waals surface area contributed by atoms with Crippen LogP contribution in [0.5, 0.6) is 11.6 Å². The number of aliphatic hydroxyl groups is 1. The number of likely N-dealkylation sites (tertiary alicyclic amines) is 1. The van der Waals surface area contributed by atoms with Crippen LogP contribution in [0.3, 0.4) is 0 Å². The lowest BCUT2D eigenvalue weighted by atomic mass is 10.1. The highest BCUT2D eigenvalue weighted by Crippen LogP contribution is 2.31. The Morgan fingerprint density at radius 3 is 2.53 bits per heavy atom. The predicted octanol–water partition coefficient (Wildman–Crippen LogP) is 2.43. The van der Waals surface area contributed by atoms with E-state index in [0.717, 1.165) is 50.6 Å². The minimum Gasteiger partial charge on any atom is -0.489 e. The Labute approximate surface area is 262 Å². The van der Waals surface area contributed by atoms with Crippen LogP contribution >= 0.6 is 0 Å². The number of nitrogens with one attached hydrogen (secondary N) is 1. The Kier molecular flexibility index (Phi) is 9.25. The summed E-state index contributed by atoms with van der Waals surface area (Å²) in [6, 6.07) is 13.8. The second kappa shape index (κ2) is 13.6. The van der Waals surface area contributed by atoms with Gasteiger partial charge in [0.1, 0.15) is 35.5 Å². The highest BCUT2D eigenvalue weighted by atomic mass is 16.5. The van der Waals surface area contributed by atoms with Crippen LogP contribution in [-0.2, 0) is 9.53 Å². The van der Waals surface area contributed by atoms with Crippen molar-refractivity contribution in [2.75, 3.05) is 69.8 Å². The molecule has 0 bridgehead atoms. The van der Waals surface area contributed by atoms with Crippen LogP contribution in [0.2, 0.25) is 0 Å². The second-order valence-electron chi connectivity index (χ2n) is 11.5. The zero-order valence-corrected chi connectivity index (χ0v) is 25.6. The zero-order valence-electron chi connectivity index (χ0n) is 25.6. The Morgan fingerprint density at radius 1 is 1.09 bits per heavy atom. The molecule has 5 heterocycles. The molecule has 6 rings (SSSR count). The minimum atomic E-state index is -1.01. The minimum absolute atomic E-state index is 0.126. The van der Waals surface area contributed by atoms with Crippen molar-refractivity contribution in [3.05, 3.63) is 48.2 Å². The van der Waals surface area contributed by atoms with Crippen molar-refractivity contribution >= 4 is 23.4 Å². The first-order valence-electron chi connectivity index (χ1n) is 15.3. The SMILES string of the molecule is COc1nc(Nc2nccc(-c3ccc(OC4CCN(C(=O)C(C)O)CC4)c(C#N)c3)n2)ccc1N1CCN(C2COC2)CC1. The molecule has 13 nitrogen and oxygen atoms in total. The molecule has 3 fully saturated rings. The Bertz CT molecular complexity index is 1540. The van der Waals surface area contributed by atoms with Crippen LogP contribution < -0.4 is 19.7 Å². The van der Waals surface area contributed by atoms with Gasteiger partial charge in [0, 0.05) is 63.9 Å². The van der Waals surface area contributed by atoms with Crippen LogP contribution in [0.1, 0.15) is 25.3 Å².